The molecule has 0 heterocycles. The van der Waals surface area contributed by atoms with Crippen LogP contribution in [-0.4, -0.2) is 27.4 Å². The molecule has 3 rings (SSSR count). The Kier molecular flexibility index (Phi) is 8.96. The molecule has 1 aliphatic rings. The molecule has 0 saturated heterocycles. The molecule has 0 bridgehead atoms. The summed E-state index contributed by atoms with van der Waals surface area (Å²) in [4.78, 5) is 0. The summed E-state index contributed by atoms with van der Waals surface area (Å²) in [6.45, 7) is 3.99. The molecule has 164 valence electrons. The van der Waals surface area contributed by atoms with E-state index in [1.54, 1.807) is 25.3 Å². The van der Waals surface area contributed by atoms with Crippen LogP contribution in [0.5, 0.6) is 0 Å². The van der Waals surface area contributed by atoms with Gasteiger partial charge < -0.3 is 9.47 Å². The average Bonchev–Trinajstić information content (AvgIpc) is 3.03. The van der Waals surface area contributed by atoms with E-state index >= 15 is 0 Å². The number of fused-ring (bicyclic) bond motifs is 3. The lowest BCUT2D eigenvalue weighted by atomic mass is 9.70. The lowest BCUT2D eigenvalue weighted by Crippen LogP contribution is -2.25. The van der Waals surface area contributed by atoms with Crippen molar-refractivity contribution < 1.29 is 9.47 Å². The number of aryl methyl sites for hydroxylation is 1. The lowest BCUT2D eigenvalue weighted by molar-refractivity contribution is 0.191. The first-order valence-electron chi connectivity index (χ1n) is 11.9. The van der Waals surface area contributed by atoms with Crippen molar-refractivity contribution in [1.29, 1.82) is 0 Å². The van der Waals surface area contributed by atoms with Gasteiger partial charge in [0.2, 0.25) is 0 Å². The minimum Gasteiger partial charge on any atom is -0.385 e. The van der Waals surface area contributed by atoms with Gasteiger partial charge >= 0.3 is 0 Å². The molecule has 0 radical (unpaired) electrons. The highest BCUT2D eigenvalue weighted by Gasteiger charge is 2.41. The minimum atomic E-state index is 0.183. The third-order valence-electron chi connectivity index (χ3n) is 6.83. The fourth-order valence-corrected chi connectivity index (χ4v) is 5.30. The number of unbranched alkanes of at least 4 members (excludes halogenated alkanes) is 6. The Morgan fingerprint density at radius 1 is 0.633 bits per heavy atom. The number of hydrogen-bond acceptors (Lipinski definition) is 2. The highest BCUT2D eigenvalue weighted by molar-refractivity contribution is 5.81. The second kappa shape index (κ2) is 11.7. The normalized spacial score (nSPS) is 14.0. The Morgan fingerprint density at radius 2 is 1.20 bits per heavy atom. The van der Waals surface area contributed by atoms with Gasteiger partial charge in [0.15, 0.2) is 0 Å². The number of hydrogen-bond donors (Lipinski definition) is 0. The highest BCUT2D eigenvalue weighted by Crippen LogP contribution is 2.54. The Balaban J connectivity index is 1.80. The minimum absolute atomic E-state index is 0.183. The van der Waals surface area contributed by atoms with E-state index in [2.05, 4.69) is 49.4 Å². The van der Waals surface area contributed by atoms with Crippen molar-refractivity contribution in [3.05, 3.63) is 59.2 Å². The molecular weight excluding hydrogens is 368 g/mol. The largest absolute Gasteiger partial charge is 0.385 e. The Bertz CT molecular complexity index is 764. The topological polar surface area (TPSA) is 18.5 Å². The number of benzene rings is 2. The van der Waals surface area contributed by atoms with Crippen LogP contribution in [0.2, 0.25) is 0 Å². The Morgan fingerprint density at radius 3 is 1.83 bits per heavy atom. The van der Waals surface area contributed by atoms with E-state index in [-0.39, 0.29) is 5.41 Å². The van der Waals surface area contributed by atoms with Gasteiger partial charge in [0.25, 0.3) is 0 Å². The summed E-state index contributed by atoms with van der Waals surface area (Å²) in [6.07, 6.45) is 12.6. The maximum Gasteiger partial charge on any atom is 0.0462 e. The van der Waals surface area contributed by atoms with Crippen molar-refractivity contribution in [2.45, 2.75) is 76.5 Å². The van der Waals surface area contributed by atoms with Crippen molar-refractivity contribution in [3.63, 3.8) is 0 Å². The molecule has 2 heteroatoms. The fourth-order valence-electron chi connectivity index (χ4n) is 5.30. The maximum absolute atomic E-state index is 5.23. The van der Waals surface area contributed by atoms with E-state index in [9.17, 15) is 0 Å². The van der Waals surface area contributed by atoms with Crippen molar-refractivity contribution in [1.82, 2.24) is 0 Å². The van der Waals surface area contributed by atoms with E-state index in [0.29, 0.717) is 0 Å². The number of rotatable bonds is 14. The van der Waals surface area contributed by atoms with Crippen molar-refractivity contribution in [2.24, 2.45) is 0 Å². The van der Waals surface area contributed by atoms with E-state index < -0.39 is 0 Å². The monoisotopic (exact) mass is 408 g/mol. The summed E-state index contributed by atoms with van der Waals surface area (Å²) in [5.74, 6) is 0. The second-order valence-corrected chi connectivity index (χ2v) is 8.99. The molecule has 0 amide bonds. The average molecular weight is 409 g/mol. The Hall–Kier alpha value is -1.64. The zero-order chi connectivity index (χ0) is 21.2. The fraction of sp³-hybridized carbons (Fsp3) is 0.571. The van der Waals surface area contributed by atoms with Crippen LogP contribution in [-0.2, 0) is 14.9 Å². The summed E-state index contributed by atoms with van der Waals surface area (Å²) in [7, 11) is 3.60. The lowest BCUT2D eigenvalue weighted by Gasteiger charge is -2.33. The van der Waals surface area contributed by atoms with Gasteiger partial charge in [-0.05, 0) is 54.9 Å². The molecule has 0 fully saturated rings. The van der Waals surface area contributed by atoms with Gasteiger partial charge in [-0.1, -0.05) is 86.6 Å². The third-order valence-corrected chi connectivity index (χ3v) is 6.83. The molecule has 0 spiro atoms. The Labute approximate surface area is 184 Å². The maximum atomic E-state index is 5.23. The molecule has 0 saturated carbocycles. The highest BCUT2D eigenvalue weighted by atomic mass is 16.5. The first-order valence-corrected chi connectivity index (χ1v) is 11.9. The summed E-state index contributed by atoms with van der Waals surface area (Å²) in [6, 6.07) is 16.3. The van der Waals surface area contributed by atoms with Crippen LogP contribution in [0.4, 0.5) is 0 Å². The van der Waals surface area contributed by atoms with Crippen LogP contribution in [0.1, 0.15) is 80.9 Å². The van der Waals surface area contributed by atoms with Gasteiger partial charge in [-0.25, -0.2) is 0 Å². The smallest absolute Gasteiger partial charge is 0.0462 e. The zero-order valence-electron chi connectivity index (χ0n) is 19.3. The summed E-state index contributed by atoms with van der Waals surface area (Å²) in [5.41, 5.74) is 7.63. The number of ether oxygens (including phenoxy) is 2. The SMILES string of the molecule is COCCCCCCC1(CCCCCCOC)c2ccccc2-c2cc(C)ccc21. The molecular formula is C28H40O2. The first kappa shape index (κ1) is 23.0. The van der Waals surface area contributed by atoms with Gasteiger partial charge in [0.05, 0.1) is 0 Å². The molecule has 0 aliphatic heterocycles. The summed E-state index contributed by atoms with van der Waals surface area (Å²) >= 11 is 0. The quantitative estimate of drug-likeness (QED) is 0.302. The standard InChI is InChI=1S/C28H40O2/c1-23-16-17-27-25(22-23)24-14-8-9-15-26(24)28(27,18-10-4-6-12-20-29-2)19-11-5-7-13-21-30-3/h8-9,14-17,22H,4-7,10-13,18-21H2,1-3H3. The van der Waals surface area contributed by atoms with E-state index in [0.717, 1.165) is 13.2 Å². The van der Waals surface area contributed by atoms with E-state index in [1.807, 2.05) is 0 Å². The third kappa shape index (κ3) is 5.34. The van der Waals surface area contributed by atoms with Crippen LogP contribution in [0.3, 0.4) is 0 Å². The van der Waals surface area contributed by atoms with Crippen molar-refractivity contribution >= 4 is 0 Å². The molecule has 2 nitrogen and oxygen atoms in total. The van der Waals surface area contributed by atoms with Crippen molar-refractivity contribution in [2.75, 3.05) is 27.4 Å². The summed E-state index contributed by atoms with van der Waals surface area (Å²) < 4.78 is 10.5. The predicted octanol–water partition coefficient (Wildman–Crippen LogP) is 7.46. The van der Waals surface area contributed by atoms with Crippen molar-refractivity contribution in [3.8, 4) is 11.1 Å². The molecule has 0 atom stereocenters. The molecule has 1 aliphatic carbocycles. The molecule has 2 aromatic carbocycles. The first-order chi connectivity index (χ1) is 14.7. The van der Waals surface area contributed by atoms with Gasteiger partial charge in [0.1, 0.15) is 0 Å². The van der Waals surface area contributed by atoms with Gasteiger partial charge in [-0.2, -0.15) is 0 Å². The number of methoxy groups -OCH3 is 2. The second-order valence-electron chi connectivity index (χ2n) is 8.99. The zero-order valence-corrected chi connectivity index (χ0v) is 19.3. The van der Waals surface area contributed by atoms with Crippen LogP contribution >= 0.6 is 0 Å². The molecule has 0 unspecified atom stereocenters. The summed E-state index contributed by atoms with van der Waals surface area (Å²) in [5, 5.41) is 0. The van der Waals surface area contributed by atoms with Crippen LogP contribution < -0.4 is 0 Å². The molecule has 2 aromatic rings. The van der Waals surface area contributed by atoms with Crippen LogP contribution in [0.15, 0.2) is 42.5 Å². The van der Waals surface area contributed by atoms with Crippen LogP contribution in [0, 0.1) is 6.92 Å². The van der Waals surface area contributed by atoms with Gasteiger partial charge in [-0.15, -0.1) is 0 Å². The van der Waals surface area contributed by atoms with E-state index in [1.165, 1.54) is 80.9 Å². The molecule has 0 aromatic heterocycles. The molecule has 0 N–H and O–H groups in total. The van der Waals surface area contributed by atoms with Gasteiger partial charge in [-0.3, -0.25) is 0 Å². The van der Waals surface area contributed by atoms with Gasteiger partial charge in [0, 0.05) is 32.8 Å². The van der Waals surface area contributed by atoms with Crippen LogP contribution in [0.25, 0.3) is 11.1 Å². The molecule has 30 heavy (non-hydrogen) atoms. The van der Waals surface area contributed by atoms with E-state index in [4.69, 9.17) is 9.47 Å². The predicted molar refractivity (Wildman–Crippen MR) is 127 cm³/mol.